The minimum Gasteiger partial charge on any atom is -0.382 e. The Hall–Kier alpha value is -0.990. The molecular weight excluding hydrogens is 186 g/mol. The van der Waals surface area contributed by atoms with E-state index in [0.717, 1.165) is 19.3 Å². The highest BCUT2D eigenvalue weighted by atomic mass is 15.2. The zero-order chi connectivity index (χ0) is 11.4. The van der Waals surface area contributed by atoms with Gasteiger partial charge >= 0.3 is 0 Å². The predicted octanol–water partition coefficient (Wildman–Crippen LogP) is 3.09. The van der Waals surface area contributed by atoms with Gasteiger partial charge in [0.2, 0.25) is 0 Å². The number of anilines is 1. The summed E-state index contributed by atoms with van der Waals surface area (Å²) in [6.07, 6.45) is 3.31. The Morgan fingerprint density at radius 2 is 1.87 bits per heavy atom. The van der Waals surface area contributed by atoms with Crippen LogP contribution in [0.15, 0.2) is 0 Å². The minimum absolute atomic E-state index is 0.573. The summed E-state index contributed by atoms with van der Waals surface area (Å²) in [6, 6.07) is 0. The molecule has 3 N–H and O–H groups in total. The molecule has 0 aliphatic carbocycles. The Labute approximate surface area is 92.5 Å². The molecule has 0 fully saturated rings. The van der Waals surface area contributed by atoms with Crippen LogP contribution in [0.5, 0.6) is 0 Å². The lowest BCUT2D eigenvalue weighted by Gasteiger charge is -2.14. The maximum atomic E-state index is 5.89. The first-order valence-corrected chi connectivity index (χ1v) is 5.92. The fourth-order valence-corrected chi connectivity index (χ4v) is 2.05. The molecule has 1 heterocycles. The molecule has 3 heteroatoms. The van der Waals surface area contributed by atoms with E-state index in [1.54, 1.807) is 0 Å². The van der Waals surface area contributed by atoms with Gasteiger partial charge in [0.15, 0.2) is 0 Å². The Kier molecular flexibility index (Phi) is 4.18. The van der Waals surface area contributed by atoms with Gasteiger partial charge in [0.25, 0.3) is 0 Å². The summed E-state index contributed by atoms with van der Waals surface area (Å²) in [5, 5.41) is 7.25. The molecule has 0 amide bonds. The van der Waals surface area contributed by atoms with E-state index in [4.69, 9.17) is 5.73 Å². The lowest BCUT2D eigenvalue weighted by atomic mass is 9.92. The lowest BCUT2D eigenvalue weighted by molar-refractivity contribution is 0.595. The van der Waals surface area contributed by atoms with Crippen LogP contribution in [-0.4, -0.2) is 10.2 Å². The molecule has 0 atom stereocenters. The van der Waals surface area contributed by atoms with Crippen molar-refractivity contribution in [1.82, 2.24) is 10.2 Å². The molecule has 0 unspecified atom stereocenters. The first-order chi connectivity index (χ1) is 7.10. The van der Waals surface area contributed by atoms with Crippen LogP contribution in [0.25, 0.3) is 0 Å². The van der Waals surface area contributed by atoms with Gasteiger partial charge in [0.05, 0.1) is 0 Å². The molecule has 0 aliphatic heterocycles. The number of nitrogens with two attached hydrogens (primary N) is 1. The van der Waals surface area contributed by atoms with E-state index in [1.165, 1.54) is 11.3 Å². The normalized spacial score (nSPS) is 11.6. The number of nitrogens with zero attached hydrogens (tertiary/aromatic N) is 1. The van der Waals surface area contributed by atoms with Crippen molar-refractivity contribution < 1.29 is 0 Å². The SMILES string of the molecule is CCC(CC)c1[nH]nc(N)c1CC(C)C. The van der Waals surface area contributed by atoms with E-state index in [9.17, 15) is 0 Å². The van der Waals surface area contributed by atoms with Gasteiger partial charge in [-0.15, -0.1) is 0 Å². The molecule has 0 bridgehead atoms. The van der Waals surface area contributed by atoms with Crippen molar-refractivity contribution in [2.45, 2.75) is 52.9 Å². The second-order valence-electron chi connectivity index (χ2n) is 4.61. The number of hydrogen-bond donors (Lipinski definition) is 2. The summed E-state index contributed by atoms with van der Waals surface area (Å²) >= 11 is 0. The van der Waals surface area contributed by atoms with Crippen LogP contribution in [0.1, 0.15) is 57.7 Å². The fourth-order valence-electron chi connectivity index (χ4n) is 2.05. The second kappa shape index (κ2) is 5.19. The highest BCUT2D eigenvalue weighted by molar-refractivity contribution is 5.43. The number of aromatic nitrogens is 2. The van der Waals surface area contributed by atoms with Crippen LogP contribution in [0.2, 0.25) is 0 Å². The quantitative estimate of drug-likeness (QED) is 0.783. The lowest BCUT2D eigenvalue weighted by Crippen LogP contribution is -2.04. The van der Waals surface area contributed by atoms with Gasteiger partial charge in [-0.1, -0.05) is 27.7 Å². The fraction of sp³-hybridized carbons (Fsp3) is 0.750. The summed E-state index contributed by atoms with van der Waals surface area (Å²) in [5.74, 6) is 1.88. The highest BCUT2D eigenvalue weighted by Gasteiger charge is 2.18. The third-order valence-electron chi connectivity index (χ3n) is 2.94. The molecule has 0 aromatic carbocycles. The van der Waals surface area contributed by atoms with Crippen LogP contribution in [0.3, 0.4) is 0 Å². The third-order valence-corrected chi connectivity index (χ3v) is 2.94. The molecular formula is C12H23N3. The van der Waals surface area contributed by atoms with E-state index in [2.05, 4.69) is 37.9 Å². The van der Waals surface area contributed by atoms with E-state index in [-0.39, 0.29) is 0 Å². The maximum Gasteiger partial charge on any atom is 0.148 e. The Morgan fingerprint density at radius 3 is 2.33 bits per heavy atom. The van der Waals surface area contributed by atoms with Crippen LogP contribution < -0.4 is 5.73 Å². The zero-order valence-corrected chi connectivity index (χ0v) is 10.3. The summed E-state index contributed by atoms with van der Waals surface area (Å²) in [5.41, 5.74) is 8.39. The van der Waals surface area contributed by atoms with E-state index in [0.29, 0.717) is 17.7 Å². The van der Waals surface area contributed by atoms with E-state index in [1.807, 2.05) is 0 Å². The monoisotopic (exact) mass is 209 g/mol. The topological polar surface area (TPSA) is 54.7 Å². The first-order valence-electron chi connectivity index (χ1n) is 5.92. The molecule has 0 saturated heterocycles. The summed E-state index contributed by atoms with van der Waals surface area (Å²) in [6.45, 7) is 8.85. The number of hydrogen-bond acceptors (Lipinski definition) is 2. The van der Waals surface area contributed by atoms with Gasteiger partial charge in [0.1, 0.15) is 5.82 Å². The van der Waals surface area contributed by atoms with Crippen molar-refractivity contribution in [1.29, 1.82) is 0 Å². The van der Waals surface area contributed by atoms with Crippen LogP contribution in [0.4, 0.5) is 5.82 Å². The number of rotatable bonds is 5. The van der Waals surface area contributed by atoms with Gasteiger partial charge in [-0.2, -0.15) is 5.10 Å². The smallest absolute Gasteiger partial charge is 0.148 e. The van der Waals surface area contributed by atoms with Crippen molar-refractivity contribution in [2.24, 2.45) is 5.92 Å². The van der Waals surface area contributed by atoms with Gasteiger partial charge in [-0.3, -0.25) is 5.10 Å². The first kappa shape index (κ1) is 12.1. The minimum atomic E-state index is 0.573. The predicted molar refractivity (Wildman–Crippen MR) is 64.9 cm³/mol. The zero-order valence-electron chi connectivity index (χ0n) is 10.3. The number of aromatic amines is 1. The Morgan fingerprint density at radius 1 is 1.27 bits per heavy atom. The average Bonchev–Trinajstić information content (AvgIpc) is 2.51. The molecule has 3 nitrogen and oxygen atoms in total. The summed E-state index contributed by atoms with van der Waals surface area (Å²) in [4.78, 5) is 0. The van der Waals surface area contributed by atoms with Crippen LogP contribution >= 0.6 is 0 Å². The number of nitrogen functional groups attached to an aromatic ring is 1. The van der Waals surface area contributed by atoms with Crippen molar-refractivity contribution >= 4 is 5.82 Å². The van der Waals surface area contributed by atoms with Crippen molar-refractivity contribution in [3.05, 3.63) is 11.3 Å². The van der Waals surface area contributed by atoms with Gasteiger partial charge in [-0.05, 0) is 25.2 Å². The molecule has 15 heavy (non-hydrogen) atoms. The molecule has 86 valence electrons. The van der Waals surface area contributed by atoms with E-state index >= 15 is 0 Å². The average molecular weight is 209 g/mol. The van der Waals surface area contributed by atoms with Gasteiger partial charge in [-0.25, -0.2) is 0 Å². The Balaban J connectivity index is 2.96. The molecule has 0 spiro atoms. The molecule has 1 rings (SSSR count). The third kappa shape index (κ3) is 2.74. The van der Waals surface area contributed by atoms with Crippen molar-refractivity contribution in [2.75, 3.05) is 5.73 Å². The second-order valence-corrected chi connectivity index (χ2v) is 4.61. The molecule has 1 aromatic heterocycles. The van der Waals surface area contributed by atoms with Crippen molar-refractivity contribution in [3.8, 4) is 0 Å². The molecule has 1 aromatic rings. The maximum absolute atomic E-state index is 5.89. The molecule has 0 aliphatic rings. The van der Waals surface area contributed by atoms with Gasteiger partial charge < -0.3 is 5.73 Å². The van der Waals surface area contributed by atoms with Gasteiger partial charge in [0, 0.05) is 17.2 Å². The largest absolute Gasteiger partial charge is 0.382 e. The molecule has 0 saturated carbocycles. The highest BCUT2D eigenvalue weighted by Crippen LogP contribution is 2.28. The van der Waals surface area contributed by atoms with E-state index < -0.39 is 0 Å². The van der Waals surface area contributed by atoms with Crippen LogP contribution in [-0.2, 0) is 6.42 Å². The summed E-state index contributed by atoms with van der Waals surface area (Å²) < 4.78 is 0. The number of H-pyrrole nitrogens is 1. The summed E-state index contributed by atoms with van der Waals surface area (Å²) in [7, 11) is 0. The molecule has 0 radical (unpaired) electrons. The standard InChI is InChI=1S/C12H23N3/c1-5-9(6-2)11-10(7-8(3)4)12(13)15-14-11/h8-9H,5-7H2,1-4H3,(H3,13,14,15). The van der Waals surface area contributed by atoms with Crippen LogP contribution in [0, 0.1) is 5.92 Å². The number of nitrogens with one attached hydrogen (secondary N) is 1. The Bertz CT molecular complexity index is 298. The van der Waals surface area contributed by atoms with Crippen molar-refractivity contribution in [3.63, 3.8) is 0 Å².